The van der Waals surface area contributed by atoms with Crippen LogP contribution >= 0.6 is 12.4 Å². The van der Waals surface area contributed by atoms with Crippen molar-refractivity contribution >= 4 is 35.1 Å². The first-order valence-electron chi connectivity index (χ1n) is 8.16. The van der Waals surface area contributed by atoms with Crippen LogP contribution in [-0.2, 0) is 0 Å². The summed E-state index contributed by atoms with van der Waals surface area (Å²) in [5, 5.41) is 0.868. The van der Waals surface area contributed by atoms with Gasteiger partial charge in [-0.15, -0.1) is 12.4 Å². The smallest absolute Gasteiger partial charge is 0.265 e. The lowest BCUT2D eigenvalue weighted by molar-refractivity contribution is 0.0822. The summed E-state index contributed by atoms with van der Waals surface area (Å²) in [6, 6.07) is 5.97. The average molecular weight is 350 g/mol. The van der Waals surface area contributed by atoms with Crippen molar-refractivity contribution in [3.63, 3.8) is 0 Å². The average Bonchev–Trinajstić information content (AvgIpc) is 2.94. The zero-order valence-electron chi connectivity index (χ0n) is 14.1. The number of H-pyrrole nitrogens is 1. The molecule has 1 heterocycles. The Balaban J connectivity index is 0.00000208. The Kier molecular flexibility index (Phi) is 5.54. The molecule has 0 bridgehead atoms. The number of hydrogen-bond donors (Lipinski definition) is 2. The molecule has 0 radical (unpaired) electrons. The molecule has 3 rings (SSSR count). The molecule has 0 unspecified atom stereocenters. The third-order valence-corrected chi connectivity index (χ3v) is 4.77. The number of primary amides is 1. The first-order chi connectivity index (χ1) is 11.0. The van der Waals surface area contributed by atoms with Crippen LogP contribution in [0.4, 0.5) is 0 Å². The van der Waals surface area contributed by atoms with Gasteiger partial charge in [0.15, 0.2) is 0 Å². The van der Waals surface area contributed by atoms with E-state index >= 15 is 0 Å². The highest BCUT2D eigenvalue weighted by Crippen LogP contribution is 2.38. The van der Waals surface area contributed by atoms with Crippen molar-refractivity contribution in [1.82, 2.24) is 9.88 Å². The number of benzene rings is 1. The van der Waals surface area contributed by atoms with E-state index in [4.69, 9.17) is 5.73 Å². The van der Waals surface area contributed by atoms with E-state index in [2.05, 4.69) is 11.1 Å². The molecule has 0 aliphatic heterocycles. The van der Waals surface area contributed by atoms with E-state index in [9.17, 15) is 9.59 Å². The fraction of sp³-hybridized carbons (Fsp3) is 0.444. The summed E-state index contributed by atoms with van der Waals surface area (Å²) in [4.78, 5) is 29.1. The van der Waals surface area contributed by atoms with Crippen molar-refractivity contribution in [2.75, 3.05) is 14.1 Å². The Bertz CT molecular complexity index is 761. The number of fused-ring (bicyclic) bond motifs is 1. The number of nitrogens with two attached hydrogens (primary N) is 1. The number of halogens is 1. The largest absolute Gasteiger partial charge is 0.364 e. The predicted molar refractivity (Wildman–Crippen MR) is 97.9 cm³/mol. The Morgan fingerprint density at radius 2 is 1.83 bits per heavy atom. The van der Waals surface area contributed by atoms with Gasteiger partial charge in [-0.1, -0.05) is 31.4 Å². The second-order valence-electron chi connectivity index (χ2n) is 6.54. The van der Waals surface area contributed by atoms with Crippen LogP contribution in [0.25, 0.3) is 10.9 Å². The maximum atomic E-state index is 12.7. The number of carbonyl (C=O) groups excluding carboxylic acids is 2. The molecule has 2 aromatic rings. The molecule has 0 spiro atoms. The molecule has 1 saturated carbocycles. The lowest BCUT2D eigenvalue weighted by Gasteiger charge is -2.23. The van der Waals surface area contributed by atoms with E-state index < -0.39 is 5.91 Å². The van der Waals surface area contributed by atoms with Gasteiger partial charge in [0.25, 0.3) is 11.8 Å². The van der Waals surface area contributed by atoms with Gasteiger partial charge in [-0.3, -0.25) is 9.59 Å². The van der Waals surface area contributed by atoms with Gasteiger partial charge in [-0.05, 0) is 30.4 Å². The second kappa shape index (κ2) is 7.26. The van der Waals surface area contributed by atoms with Crippen LogP contribution in [0.3, 0.4) is 0 Å². The second-order valence-corrected chi connectivity index (χ2v) is 6.54. The van der Waals surface area contributed by atoms with Gasteiger partial charge in [-0.25, -0.2) is 0 Å². The van der Waals surface area contributed by atoms with Gasteiger partial charge < -0.3 is 15.6 Å². The number of aromatic amines is 1. The number of rotatable bonds is 3. The first kappa shape index (κ1) is 18.3. The summed E-state index contributed by atoms with van der Waals surface area (Å²) in [5.41, 5.74) is 8.10. The summed E-state index contributed by atoms with van der Waals surface area (Å²) in [6.07, 6.45) is 5.96. The standard InChI is InChI=1S/C18H23N3O2.ClH/c1-21(2)18(23)15-14-12(11-7-4-3-5-8-11)9-6-10-13(14)20-16(15)17(19)22;/h6,9-11,20H,3-5,7-8H2,1-2H3,(H2,19,22);1H. The van der Waals surface area contributed by atoms with Gasteiger partial charge >= 0.3 is 0 Å². The summed E-state index contributed by atoms with van der Waals surface area (Å²) in [6.45, 7) is 0. The van der Waals surface area contributed by atoms with E-state index in [0.29, 0.717) is 11.5 Å². The molecular weight excluding hydrogens is 326 g/mol. The van der Waals surface area contributed by atoms with E-state index in [1.54, 1.807) is 14.1 Å². The quantitative estimate of drug-likeness (QED) is 0.890. The van der Waals surface area contributed by atoms with Crippen LogP contribution in [0.15, 0.2) is 18.2 Å². The highest BCUT2D eigenvalue weighted by Gasteiger charge is 2.27. The Labute approximate surface area is 148 Å². The van der Waals surface area contributed by atoms with E-state index in [1.807, 2.05) is 12.1 Å². The fourth-order valence-electron chi connectivity index (χ4n) is 3.65. The first-order valence-corrected chi connectivity index (χ1v) is 8.16. The molecular formula is C18H24ClN3O2. The van der Waals surface area contributed by atoms with E-state index in [1.165, 1.54) is 24.2 Å². The van der Waals surface area contributed by atoms with Crippen molar-refractivity contribution < 1.29 is 9.59 Å². The lowest BCUT2D eigenvalue weighted by atomic mass is 9.82. The predicted octanol–water partition coefficient (Wildman–Crippen LogP) is 3.44. The van der Waals surface area contributed by atoms with E-state index in [-0.39, 0.29) is 24.0 Å². The number of carbonyl (C=O) groups is 2. The maximum Gasteiger partial charge on any atom is 0.265 e. The molecule has 6 heteroatoms. The van der Waals surface area contributed by atoms with Crippen molar-refractivity contribution in [2.24, 2.45) is 5.73 Å². The highest BCUT2D eigenvalue weighted by atomic mass is 35.5. The number of amides is 2. The lowest BCUT2D eigenvalue weighted by Crippen LogP contribution is -2.25. The molecule has 1 fully saturated rings. The molecule has 130 valence electrons. The van der Waals surface area contributed by atoms with Crippen LogP contribution in [0.1, 0.15) is 64.4 Å². The fourth-order valence-corrected chi connectivity index (χ4v) is 3.65. The maximum absolute atomic E-state index is 12.7. The normalized spacial score (nSPS) is 15.1. The summed E-state index contributed by atoms with van der Waals surface area (Å²) < 4.78 is 0. The monoisotopic (exact) mass is 349 g/mol. The number of nitrogens with one attached hydrogen (secondary N) is 1. The van der Waals surface area contributed by atoms with Gasteiger partial charge in [0.2, 0.25) is 0 Å². The highest BCUT2D eigenvalue weighted by molar-refractivity contribution is 6.16. The number of aromatic nitrogens is 1. The summed E-state index contributed by atoms with van der Waals surface area (Å²) in [7, 11) is 3.38. The minimum atomic E-state index is -0.596. The van der Waals surface area contributed by atoms with Crippen LogP contribution < -0.4 is 5.73 Å². The molecule has 1 aromatic carbocycles. The topological polar surface area (TPSA) is 79.2 Å². The Morgan fingerprint density at radius 3 is 2.42 bits per heavy atom. The SMILES string of the molecule is CN(C)C(=O)c1c(C(N)=O)[nH]c2cccc(C3CCCCC3)c12.Cl. The van der Waals surface area contributed by atoms with Crippen LogP contribution in [0, 0.1) is 0 Å². The molecule has 0 saturated heterocycles. The third-order valence-electron chi connectivity index (χ3n) is 4.77. The summed E-state index contributed by atoms with van der Waals surface area (Å²) in [5.74, 6) is -0.341. The molecule has 3 N–H and O–H groups in total. The summed E-state index contributed by atoms with van der Waals surface area (Å²) >= 11 is 0. The molecule has 24 heavy (non-hydrogen) atoms. The minimum absolute atomic E-state index is 0. The van der Waals surface area contributed by atoms with Crippen molar-refractivity contribution in [1.29, 1.82) is 0 Å². The zero-order valence-corrected chi connectivity index (χ0v) is 14.9. The van der Waals surface area contributed by atoms with Gasteiger partial charge in [0, 0.05) is 25.0 Å². The Morgan fingerprint density at radius 1 is 1.17 bits per heavy atom. The van der Waals surface area contributed by atoms with Crippen LogP contribution in [0.5, 0.6) is 0 Å². The van der Waals surface area contributed by atoms with Gasteiger partial charge in [0.1, 0.15) is 5.69 Å². The van der Waals surface area contributed by atoms with Crippen molar-refractivity contribution in [2.45, 2.75) is 38.0 Å². The van der Waals surface area contributed by atoms with Crippen LogP contribution in [-0.4, -0.2) is 35.8 Å². The molecule has 5 nitrogen and oxygen atoms in total. The molecule has 1 aromatic heterocycles. The van der Waals surface area contributed by atoms with Crippen molar-refractivity contribution in [3.8, 4) is 0 Å². The molecule has 2 amide bonds. The number of nitrogens with zero attached hydrogens (tertiary/aromatic N) is 1. The third kappa shape index (κ3) is 3.13. The molecule has 1 aliphatic rings. The van der Waals surface area contributed by atoms with E-state index in [0.717, 1.165) is 29.3 Å². The number of hydrogen-bond acceptors (Lipinski definition) is 2. The zero-order chi connectivity index (χ0) is 16.6. The van der Waals surface area contributed by atoms with Gasteiger partial charge in [0.05, 0.1) is 5.56 Å². The Hall–Kier alpha value is -2.01. The minimum Gasteiger partial charge on any atom is -0.364 e. The van der Waals surface area contributed by atoms with Gasteiger partial charge in [-0.2, -0.15) is 0 Å². The van der Waals surface area contributed by atoms with Crippen molar-refractivity contribution in [3.05, 3.63) is 35.0 Å². The molecule has 0 atom stereocenters. The molecule has 1 aliphatic carbocycles. The van der Waals surface area contributed by atoms with Crippen LogP contribution in [0.2, 0.25) is 0 Å².